The smallest absolute Gasteiger partial charge is 0.121 e. The molecule has 1 aliphatic heterocycles. The molecule has 1 N–H and O–H groups in total. The van der Waals surface area contributed by atoms with Crippen molar-refractivity contribution in [2.75, 3.05) is 13.2 Å². The molecule has 1 unspecified atom stereocenters. The summed E-state index contributed by atoms with van der Waals surface area (Å²) in [5.41, 5.74) is 5.03. The van der Waals surface area contributed by atoms with E-state index in [0.717, 1.165) is 27.8 Å². The first-order chi connectivity index (χ1) is 24.2. The molecule has 49 heavy (non-hydrogen) atoms. The molecule has 0 aliphatic carbocycles. The van der Waals surface area contributed by atoms with Crippen molar-refractivity contribution in [3.63, 3.8) is 0 Å². The summed E-state index contributed by atoms with van der Waals surface area (Å²) in [6, 6.07) is 47.8. The maximum absolute atomic E-state index is 9.51. The number of hydrogen-bond donors (Lipinski definition) is 1. The molecule has 0 saturated carbocycles. The molecule has 7 heteroatoms. The topological polar surface area (TPSA) is 75.6 Å². The quantitative estimate of drug-likeness (QED) is 0.112. The second-order valence-electron chi connectivity index (χ2n) is 12.1. The minimum Gasteiger partial charge on any atom is -0.491 e. The first-order valence-electron chi connectivity index (χ1n) is 16.8. The lowest BCUT2D eigenvalue weighted by Gasteiger charge is -2.46. The van der Waals surface area contributed by atoms with Gasteiger partial charge in [0.15, 0.2) is 0 Å². The Morgan fingerprint density at radius 1 is 0.429 bits per heavy atom. The zero-order chi connectivity index (χ0) is 33.5. The lowest BCUT2D eigenvalue weighted by molar-refractivity contribution is -0.276. The third kappa shape index (κ3) is 10.3. The molecule has 1 saturated heterocycles. The van der Waals surface area contributed by atoms with E-state index in [0.29, 0.717) is 32.2 Å². The van der Waals surface area contributed by atoms with Crippen LogP contribution < -0.4 is 4.74 Å². The number of benzene rings is 5. The van der Waals surface area contributed by atoms with Crippen molar-refractivity contribution >= 4 is 0 Å². The Hall–Kier alpha value is -4.34. The Morgan fingerprint density at radius 2 is 0.837 bits per heavy atom. The van der Waals surface area contributed by atoms with Gasteiger partial charge in [-0.3, -0.25) is 0 Å². The monoisotopic (exact) mass is 660 g/mol. The molecule has 1 aliphatic rings. The summed E-state index contributed by atoms with van der Waals surface area (Å²) in [6.45, 7) is 2.01. The first kappa shape index (κ1) is 34.5. The third-order valence-electron chi connectivity index (χ3n) is 8.50. The van der Waals surface area contributed by atoms with Gasteiger partial charge in [0, 0.05) is 0 Å². The van der Waals surface area contributed by atoms with E-state index in [9.17, 15) is 5.11 Å². The van der Waals surface area contributed by atoms with E-state index in [-0.39, 0.29) is 19.8 Å². The summed E-state index contributed by atoms with van der Waals surface area (Å²) in [4.78, 5) is 0. The van der Waals surface area contributed by atoms with Crippen LogP contribution >= 0.6 is 0 Å². The van der Waals surface area contributed by atoms with Crippen molar-refractivity contribution in [1.82, 2.24) is 0 Å². The van der Waals surface area contributed by atoms with Crippen LogP contribution in [-0.2, 0) is 56.7 Å². The molecule has 1 heterocycles. The van der Waals surface area contributed by atoms with Crippen molar-refractivity contribution in [1.29, 1.82) is 0 Å². The highest BCUT2D eigenvalue weighted by Crippen LogP contribution is 2.32. The number of aliphatic hydroxyl groups excluding tert-OH is 1. The van der Waals surface area contributed by atoms with Gasteiger partial charge in [0.1, 0.15) is 42.9 Å². The van der Waals surface area contributed by atoms with E-state index >= 15 is 0 Å². The highest BCUT2D eigenvalue weighted by atomic mass is 16.6. The van der Waals surface area contributed by atoms with Gasteiger partial charge in [-0.25, -0.2) is 0 Å². The SMILES string of the molecule is OCc1ccc(OCC2O[C@H](COCc3ccccc3)[C@@H](OCc3ccccc3)[C@H](OCc3ccccc3)[C@H]2OCc2ccccc2)cc1. The van der Waals surface area contributed by atoms with Crippen LogP contribution in [0.2, 0.25) is 0 Å². The Morgan fingerprint density at radius 3 is 1.29 bits per heavy atom. The number of rotatable bonds is 17. The third-order valence-corrected chi connectivity index (χ3v) is 8.50. The molecule has 0 amide bonds. The largest absolute Gasteiger partial charge is 0.491 e. The zero-order valence-electron chi connectivity index (χ0n) is 27.6. The minimum atomic E-state index is -0.535. The van der Waals surface area contributed by atoms with Gasteiger partial charge >= 0.3 is 0 Å². The average Bonchev–Trinajstić information content (AvgIpc) is 3.17. The molecule has 0 aromatic heterocycles. The summed E-state index contributed by atoms with van der Waals surface area (Å²) in [6.07, 6.45) is -2.55. The second kappa shape index (κ2) is 18.4. The Labute approximate surface area is 289 Å². The number of hydrogen-bond acceptors (Lipinski definition) is 7. The van der Waals surface area contributed by atoms with Crippen molar-refractivity contribution in [2.45, 2.75) is 63.6 Å². The molecule has 1 fully saturated rings. The molecule has 0 radical (unpaired) electrons. The molecule has 254 valence electrons. The van der Waals surface area contributed by atoms with Gasteiger partial charge < -0.3 is 33.5 Å². The molecular weight excluding hydrogens is 616 g/mol. The van der Waals surface area contributed by atoms with Crippen molar-refractivity contribution in [3.05, 3.63) is 173 Å². The van der Waals surface area contributed by atoms with Crippen molar-refractivity contribution < 1.29 is 33.5 Å². The molecule has 6 rings (SSSR count). The van der Waals surface area contributed by atoms with Crippen LogP contribution in [0.1, 0.15) is 27.8 Å². The van der Waals surface area contributed by atoms with E-state index in [1.807, 2.05) is 133 Å². The fraction of sp³-hybridized carbons (Fsp3) is 0.286. The predicted octanol–water partition coefficient (Wildman–Crippen LogP) is 7.30. The standard InChI is InChI=1S/C42H44O7/c43-25-32-21-23-37(24-22-32)45-31-39-41(47-28-35-17-9-3-10-18-35)42(48-29-36-19-11-4-12-20-36)40(46-27-34-15-7-2-8-16-34)38(49-39)30-44-26-33-13-5-1-6-14-33/h1-24,38-43H,25-31H2/t38-,39?,40-,41+,42+/m1/s1. The van der Waals surface area contributed by atoms with E-state index < -0.39 is 30.5 Å². The summed E-state index contributed by atoms with van der Waals surface area (Å²) < 4.78 is 39.7. The lowest BCUT2D eigenvalue weighted by Crippen LogP contribution is -2.62. The van der Waals surface area contributed by atoms with Gasteiger partial charge in [-0.15, -0.1) is 0 Å². The van der Waals surface area contributed by atoms with Gasteiger partial charge in [-0.2, -0.15) is 0 Å². The Kier molecular flexibility index (Phi) is 13.0. The highest BCUT2D eigenvalue weighted by molar-refractivity contribution is 5.27. The van der Waals surface area contributed by atoms with Crippen molar-refractivity contribution in [3.8, 4) is 5.75 Å². The van der Waals surface area contributed by atoms with E-state index in [2.05, 4.69) is 12.1 Å². The van der Waals surface area contributed by atoms with E-state index in [1.165, 1.54) is 0 Å². The maximum Gasteiger partial charge on any atom is 0.121 e. The molecule has 5 aromatic carbocycles. The van der Waals surface area contributed by atoms with Gasteiger partial charge in [0.05, 0.1) is 39.6 Å². The Bertz CT molecular complexity index is 1620. The van der Waals surface area contributed by atoms with Crippen LogP contribution in [0.15, 0.2) is 146 Å². The van der Waals surface area contributed by atoms with Crippen LogP contribution in [0, 0.1) is 0 Å². The molecular formula is C42H44O7. The summed E-state index contributed by atoms with van der Waals surface area (Å²) in [7, 11) is 0. The predicted molar refractivity (Wildman–Crippen MR) is 188 cm³/mol. The van der Waals surface area contributed by atoms with E-state index in [1.54, 1.807) is 0 Å². The second-order valence-corrected chi connectivity index (χ2v) is 12.1. The molecule has 0 spiro atoms. The number of aliphatic hydroxyl groups is 1. The highest BCUT2D eigenvalue weighted by Gasteiger charge is 2.48. The maximum atomic E-state index is 9.51. The summed E-state index contributed by atoms with van der Waals surface area (Å²) >= 11 is 0. The van der Waals surface area contributed by atoms with Gasteiger partial charge in [0.2, 0.25) is 0 Å². The first-order valence-corrected chi connectivity index (χ1v) is 16.8. The average molecular weight is 661 g/mol. The van der Waals surface area contributed by atoms with Gasteiger partial charge in [0.25, 0.3) is 0 Å². The van der Waals surface area contributed by atoms with Crippen LogP contribution in [0.5, 0.6) is 5.75 Å². The molecule has 5 atom stereocenters. The zero-order valence-corrected chi connectivity index (χ0v) is 27.6. The normalized spacial score (nSPS) is 20.6. The summed E-state index contributed by atoms with van der Waals surface area (Å²) in [5, 5.41) is 9.51. The van der Waals surface area contributed by atoms with Crippen LogP contribution in [0.4, 0.5) is 0 Å². The lowest BCUT2D eigenvalue weighted by atomic mass is 9.94. The Balaban J connectivity index is 1.29. The van der Waals surface area contributed by atoms with E-state index in [4.69, 9.17) is 28.4 Å². The fourth-order valence-electron chi connectivity index (χ4n) is 5.89. The minimum absolute atomic E-state index is 0.0309. The number of ether oxygens (including phenoxy) is 6. The van der Waals surface area contributed by atoms with Crippen LogP contribution in [-0.4, -0.2) is 48.8 Å². The van der Waals surface area contributed by atoms with Crippen LogP contribution in [0.25, 0.3) is 0 Å². The fourth-order valence-corrected chi connectivity index (χ4v) is 5.89. The molecule has 7 nitrogen and oxygen atoms in total. The van der Waals surface area contributed by atoms with Crippen molar-refractivity contribution in [2.24, 2.45) is 0 Å². The van der Waals surface area contributed by atoms with Crippen LogP contribution in [0.3, 0.4) is 0 Å². The molecule has 5 aromatic rings. The van der Waals surface area contributed by atoms with Gasteiger partial charge in [-0.1, -0.05) is 133 Å². The summed E-state index contributed by atoms with van der Waals surface area (Å²) in [5.74, 6) is 0.670. The molecule has 0 bridgehead atoms. The van der Waals surface area contributed by atoms with Gasteiger partial charge in [-0.05, 0) is 39.9 Å².